The maximum absolute atomic E-state index is 9.90. The highest BCUT2D eigenvalue weighted by atomic mass is 32.1. The lowest BCUT2D eigenvalue weighted by Gasteiger charge is -2.37. The van der Waals surface area contributed by atoms with Crippen LogP contribution in [0.2, 0.25) is 0 Å². The Morgan fingerprint density at radius 2 is 1.90 bits per heavy atom. The molecule has 0 amide bonds. The van der Waals surface area contributed by atoms with Gasteiger partial charge in [0.05, 0.1) is 11.1 Å². The molecule has 1 aromatic carbocycles. The SMILES string of the molecule is CC(C)(O)CN1CCN(c2snc3ccccc23)CC1. The van der Waals surface area contributed by atoms with E-state index in [1.807, 2.05) is 19.9 Å². The second-order valence-electron chi connectivity index (χ2n) is 6.08. The van der Waals surface area contributed by atoms with Gasteiger partial charge in [0.25, 0.3) is 0 Å². The zero-order chi connectivity index (χ0) is 14.2. The third-order valence-electron chi connectivity index (χ3n) is 3.63. The van der Waals surface area contributed by atoms with Crippen molar-refractivity contribution in [3.8, 4) is 0 Å². The lowest BCUT2D eigenvalue weighted by atomic mass is 10.1. The molecule has 0 unspecified atom stereocenters. The van der Waals surface area contributed by atoms with Crippen LogP contribution in [0.1, 0.15) is 13.8 Å². The molecule has 1 N–H and O–H groups in total. The molecule has 0 saturated carbocycles. The molecule has 0 spiro atoms. The van der Waals surface area contributed by atoms with Crippen molar-refractivity contribution in [3.63, 3.8) is 0 Å². The molecule has 1 aromatic heterocycles. The lowest BCUT2D eigenvalue weighted by Crippen LogP contribution is -2.50. The van der Waals surface area contributed by atoms with E-state index in [1.165, 1.54) is 10.4 Å². The number of piperazine rings is 1. The highest BCUT2D eigenvalue weighted by molar-refractivity contribution is 7.11. The normalized spacial score (nSPS) is 17.9. The Morgan fingerprint density at radius 1 is 1.20 bits per heavy atom. The highest BCUT2D eigenvalue weighted by Gasteiger charge is 2.24. The monoisotopic (exact) mass is 291 g/mol. The number of β-amino-alcohol motifs (C(OH)–C–C–N with tert-alkyl or cyclic N) is 1. The van der Waals surface area contributed by atoms with E-state index in [0.29, 0.717) is 0 Å². The Balaban J connectivity index is 1.69. The summed E-state index contributed by atoms with van der Waals surface area (Å²) in [5.74, 6) is 0. The molecular weight excluding hydrogens is 270 g/mol. The zero-order valence-corrected chi connectivity index (χ0v) is 12.9. The maximum Gasteiger partial charge on any atom is 0.120 e. The summed E-state index contributed by atoms with van der Waals surface area (Å²) in [6.07, 6.45) is 0. The summed E-state index contributed by atoms with van der Waals surface area (Å²) >= 11 is 1.59. The van der Waals surface area contributed by atoms with E-state index in [4.69, 9.17) is 0 Å². The molecule has 3 rings (SSSR count). The first-order valence-corrected chi connectivity index (χ1v) is 7.84. The minimum atomic E-state index is -0.612. The van der Waals surface area contributed by atoms with E-state index in [0.717, 1.165) is 38.2 Å². The smallest absolute Gasteiger partial charge is 0.120 e. The summed E-state index contributed by atoms with van der Waals surface area (Å²) in [6.45, 7) is 8.48. The summed E-state index contributed by atoms with van der Waals surface area (Å²) in [4.78, 5) is 4.75. The zero-order valence-electron chi connectivity index (χ0n) is 12.0. The average molecular weight is 291 g/mol. The van der Waals surface area contributed by atoms with Gasteiger partial charge in [-0.2, -0.15) is 4.37 Å². The van der Waals surface area contributed by atoms with Crippen molar-refractivity contribution in [2.75, 3.05) is 37.6 Å². The minimum Gasteiger partial charge on any atom is -0.389 e. The molecular formula is C15H21N3OS. The lowest BCUT2D eigenvalue weighted by molar-refractivity contribution is 0.0345. The number of nitrogens with zero attached hydrogens (tertiary/aromatic N) is 3. The number of benzene rings is 1. The number of aliphatic hydroxyl groups is 1. The first-order valence-electron chi connectivity index (χ1n) is 7.07. The van der Waals surface area contributed by atoms with Crippen LogP contribution in [0.15, 0.2) is 24.3 Å². The third kappa shape index (κ3) is 2.95. The topological polar surface area (TPSA) is 39.6 Å². The molecule has 2 heterocycles. The van der Waals surface area contributed by atoms with E-state index < -0.39 is 5.60 Å². The van der Waals surface area contributed by atoms with Gasteiger partial charge >= 0.3 is 0 Å². The number of aromatic nitrogens is 1. The molecule has 108 valence electrons. The number of hydrogen-bond acceptors (Lipinski definition) is 5. The van der Waals surface area contributed by atoms with Gasteiger partial charge in [-0.15, -0.1) is 0 Å². The minimum absolute atomic E-state index is 0.612. The molecule has 1 saturated heterocycles. The van der Waals surface area contributed by atoms with E-state index in [-0.39, 0.29) is 0 Å². The quantitative estimate of drug-likeness (QED) is 0.941. The van der Waals surface area contributed by atoms with Crippen LogP contribution in [0, 0.1) is 0 Å². The van der Waals surface area contributed by atoms with Gasteiger partial charge in [-0.3, -0.25) is 4.90 Å². The fraction of sp³-hybridized carbons (Fsp3) is 0.533. The van der Waals surface area contributed by atoms with Gasteiger partial charge in [0.2, 0.25) is 0 Å². The van der Waals surface area contributed by atoms with Crippen molar-refractivity contribution in [2.24, 2.45) is 0 Å². The fourth-order valence-corrected chi connectivity index (χ4v) is 3.67. The van der Waals surface area contributed by atoms with Crippen LogP contribution in [0.4, 0.5) is 5.00 Å². The van der Waals surface area contributed by atoms with E-state index in [1.54, 1.807) is 11.5 Å². The maximum atomic E-state index is 9.90. The van der Waals surface area contributed by atoms with Crippen molar-refractivity contribution in [1.82, 2.24) is 9.27 Å². The fourth-order valence-electron chi connectivity index (χ4n) is 2.76. The molecule has 5 heteroatoms. The molecule has 2 aromatic rings. The first-order chi connectivity index (χ1) is 9.53. The van der Waals surface area contributed by atoms with E-state index in [2.05, 4.69) is 32.4 Å². The number of rotatable bonds is 3. The molecule has 0 aliphatic carbocycles. The van der Waals surface area contributed by atoms with Gasteiger partial charge in [0, 0.05) is 38.1 Å². The summed E-state index contributed by atoms with van der Waals surface area (Å²) in [6, 6.07) is 8.33. The number of fused-ring (bicyclic) bond motifs is 1. The summed E-state index contributed by atoms with van der Waals surface area (Å²) in [7, 11) is 0. The molecule has 1 fully saturated rings. The van der Waals surface area contributed by atoms with Gasteiger partial charge in [0.15, 0.2) is 0 Å². The largest absolute Gasteiger partial charge is 0.389 e. The molecule has 4 nitrogen and oxygen atoms in total. The van der Waals surface area contributed by atoms with Crippen molar-refractivity contribution in [1.29, 1.82) is 0 Å². The molecule has 1 aliphatic rings. The Bertz CT molecular complexity index is 582. The standard InChI is InChI=1S/C15H21N3OS/c1-15(2,19)11-17-7-9-18(10-8-17)14-12-5-3-4-6-13(12)16-20-14/h3-6,19H,7-11H2,1-2H3. The van der Waals surface area contributed by atoms with Gasteiger partial charge in [-0.25, -0.2) is 0 Å². The van der Waals surface area contributed by atoms with Crippen LogP contribution in [-0.2, 0) is 0 Å². The third-order valence-corrected chi connectivity index (χ3v) is 4.57. The van der Waals surface area contributed by atoms with Gasteiger partial charge in [-0.1, -0.05) is 12.1 Å². The summed E-state index contributed by atoms with van der Waals surface area (Å²) < 4.78 is 4.52. The Hall–Kier alpha value is -1.17. The van der Waals surface area contributed by atoms with Crippen LogP contribution >= 0.6 is 11.5 Å². The second kappa shape index (κ2) is 5.31. The predicted molar refractivity (Wildman–Crippen MR) is 84.6 cm³/mol. The van der Waals surface area contributed by atoms with Gasteiger partial charge < -0.3 is 10.0 Å². The Morgan fingerprint density at radius 3 is 2.60 bits per heavy atom. The Labute approximate surface area is 123 Å². The summed E-state index contributed by atoms with van der Waals surface area (Å²) in [5, 5.41) is 12.4. The van der Waals surface area contributed by atoms with Crippen LogP contribution < -0.4 is 4.90 Å². The van der Waals surface area contributed by atoms with Crippen molar-refractivity contribution < 1.29 is 5.11 Å². The van der Waals surface area contributed by atoms with Crippen LogP contribution in [0.3, 0.4) is 0 Å². The number of anilines is 1. The molecule has 1 aliphatic heterocycles. The van der Waals surface area contributed by atoms with Gasteiger partial charge in [0.1, 0.15) is 5.00 Å². The molecule has 0 atom stereocenters. The second-order valence-corrected chi connectivity index (χ2v) is 6.83. The molecule has 0 bridgehead atoms. The molecule has 0 radical (unpaired) electrons. The Kier molecular flexibility index (Phi) is 3.67. The van der Waals surface area contributed by atoms with Crippen molar-refractivity contribution in [2.45, 2.75) is 19.4 Å². The average Bonchev–Trinajstić information content (AvgIpc) is 2.82. The predicted octanol–water partition coefficient (Wildman–Crippen LogP) is 2.19. The number of hydrogen-bond donors (Lipinski definition) is 1. The van der Waals surface area contributed by atoms with Crippen molar-refractivity contribution >= 4 is 27.4 Å². The summed E-state index contributed by atoms with van der Waals surface area (Å²) in [5.41, 5.74) is 0.478. The van der Waals surface area contributed by atoms with Gasteiger partial charge in [-0.05, 0) is 37.5 Å². The van der Waals surface area contributed by atoms with Crippen LogP contribution in [-0.4, -0.2) is 52.7 Å². The van der Waals surface area contributed by atoms with Crippen LogP contribution in [0.25, 0.3) is 10.9 Å². The van der Waals surface area contributed by atoms with Crippen LogP contribution in [0.5, 0.6) is 0 Å². The first kappa shape index (κ1) is 13.8. The van der Waals surface area contributed by atoms with E-state index >= 15 is 0 Å². The molecule has 20 heavy (non-hydrogen) atoms. The highest BCUT2D eigenvalue weighted by Crippen LogP contribution is 2.31. The van der Waals surface area contributed by atoms with Crippen molar-refractivity contribution in [3.05, 3.63) is 24.3 Å². The van der Waals surface area contributed by atoms with E-state index in [9.17, 15) is 5.11 Å².